The normalized spacial score (nSPS) is 24.4. The first kappa shape index (κ1) is 15.0. The maximum atomic E-state index is 4.39. The minimum Gasteiger partial charge on any atom is -0.309 e. The van der Waals surface area contributed by atoms with E-state index in [2.05, 4.69) is 47.1 Å². The molecular formula is C15H26BrN3. The van der Waals surface area contributed by atoms with Gasteiger partial charge in [0.05, 0.1) is 22.4 Å². The van der Waals surface area contributed by atoms with Gasteiger partial charge in [0.25, 0.3) is 0 Å². The highest BCUT2D eigenvalue weighted by Gasteiger charge is 2.39. The molecule has 4 heteroatoms. The average molecular weight is 328 g/mol. The first-order chi connectivity index (χ1) is 8.97. The fourth-order valence-corrected chi connectivity index (χ4v) is 4.15. The van der Waals surface area contributed by atoms with Gasteiger partial charge in [0.2, 0.25) is 0 Å². The lowest BCUT2D eigenvalue weighted by Crippen LogP contribution is -2.40. The average Bonchev–Trinajstić information content (AvgIpc) is 2.67. The van der Waals surface area contributed by atoms with E-state index in [-0.39, 0.29) is 0 Å². The molecule has 0 radical (unpaired) electrons. The van der Waals surface area contributed by atoms with Crippen LogP contribution in [-0.2, 0) is 7.05 Å². The van der Waals surface area contributed by atoms with Crippen LogP contribution in [0.4, 0.5) is 0 Å². The van der Waals surface area contributed by atoms with Crippen LogP contribution in [0.2, 0.25) is 0 Å². The second-order valence-electron chi connectivity index (χ2n) is 6.38. The lowest BCUT2D eigenvalue weighted by molar-refractivity contribution is 0.0955. The van der Waals surface area contributed by atoms with Crippen molar-refractivity contribution < 1.29 is 0 Å². The molecule has 1 aliphatic rings. The number of nitrogens with one attached hydrogen (secondary N) is 1. The van der Waals surface area contributed by atoms with Crippen molar-refractivity contribution in [1.29, 1.82) is 0 Å². The molecule has 1 aromatic rings. The van der Waals surface area contributed by atoms with E-state index in [1.807, 2.05) is 17.9 Å². The monoisotopic (exact) mass is 327 g/mol. The molecule has 2 atom stereocenters. The molecule has 1 fully saturated rings. The summed E-state index contributed by atoms with van der Waals surface area (Å²) in [6, 6.07) is 0.391. The fraction of sp³-hybridized carbons (Fsp3) is 0.800. The quantitative estimate of drug-likeness (QED) is 0.904. The molecular weight excluding hydrogens is 302 g/mol. The summed E-state index contributed by atoms with van der Waals surface area (Å²) in [5.74, 6) is 0.674. The lowest BCUT2D eigenvalue weighted by Gasteiger charge is -2.43. The molecule has 0 saturated heterocycles. The predicted octanol–water partition coefficient (Wildman–Crippen LogP) is 4.05. The minimum absolute atomic E-state index is 0.391. The Labute approximate surface area is 125 Å². The number of aromatic nitrogens is 2. The van der Waals surface area contributed by atoms with E-state index in [1.54, 1.807) is 0 Å². The Morgan fingerprint density at radius 3 is 2.79 bits per heavy atom. The van der Waals surface area contributed by atoms with Crippen LogP contribution in [0.3, 0.4) is 0 Å². The van der Waals surface area contributed by atoms with Crippen molar-refractivity contribution in [3.63, 3.8) is 0 Å². The second kappa shape index (κ2) is 5.96. The Kier molecular flexibility index (Phi) is 4.72. The summed E-state index contributed by atoms with van der Waals surface area (Å²) in [6.45, 7) is 8.03. The van der Waals surface area contributed by atoms with Crippen LogP contribution < -0.4 is 5.32 Å². The van der Waals surface area contributed by atoms with Crippen LogP contribution in [0.25, 0.3) is 0 Å². The van der Waals surface area contributed by atoms with Crippen molar-refractivity contribution in [1.82, 2.24) is 15.1 Å². The van der Waals surface area contributed by atoms with Crippen LogP contribution in [0.15, 0.2) is 10.7 Å². The summed E-state index contributed by atoms with van der Waals surface area (Å²) >= 11 is 3.67. The number of hydrogen-bond acceptors (Lipinski definition) is 2. The minimum atomic E-state index is 0.391. The van der Waals surface area contributed by atoms with Crippen LogP contribution in [0.5, 0.6) is 0 Å². The molecule has 1 saturated carbocycles. The van der Waals surface area contributed by atoms with E-state index in [4.69, 9.17) is 0 Å². The second-order valence-corrected chi connectivity index (χ2v) is 7.23. The molecule has 1 heterocycles. The molecule has 1 aliphatic carbocycles. The van der Waals surface area contributed by atoms with Gasteiger partial charge >= 0.3 is 0 Å². The maximum absolute atomic E-state index is 4.39. The SMILES string of the molecule is CCNC(c1c(Br)cnn1C)C1CCCCC1(C)C. The van der Waals surface area contributed by atoms with E-state index >= 15 is 0 Å². The van der Waals surface area contributed by atoms with E-state index in [1.165, 1.54) is 31.4 Å². The standard InChI is InChI=1S/C15H26BrN3/c1-5-17-13(14-12(16)10-18-19(14)4)11-8-6-7-9-15(11,2)3/h10-11,13,17H,5-9H2,1-4H3. The molecule has 0 aliphatic heterocycles. The Morgan fingerprint density at radius 1 is 1.53 bits per heavy atom. The molecule has 19 heavy (non-hydrogen) atoms. The van der Waals surface area contributed by atoms with Gasteiger partial charge in [-0.15, -0.1) is 0 Å². The van der Waals surface area contributed by atoms with Crippen molar-refractivity contribution >= 4 is 15.9 Å². The van der Waals surface area contributed by atoms with E-state index < -0.39 is 0 Å². The summed E-state index contributed by atoms with van der Waals surface area (Å²) in [7, 11) is 2.04. The number of aryl methyl sites for hydroxylation is 1. The first-order valence-corrected chi connectivity index (χ1v) is 8.17. The van der Waals surface area contributed by atoms with Crippen LogP contribution in [0, 0.1) is 11.3 Å². The predicted molar refractivity (Wildman–Crippen MR) is 83.1 cm³/mol. The molecule has 0 aromatic carbocycles. The highest BCUT2D eigenvalue weighted by Crippen LogP contribution is 2.47. The highest BCUT2D eigenvalue weighted by molar-refractivity contribution is 9.10. The van der Waals surface area contributed by atoms with Crippen LogP contribution >= 0.6 is 15.9 Å². The smallest absolute Gasteiger partial charge is 0.0695 e. The third kappa shape index (κ3) is 3.05. The molecule has 1 N–H and O–H groups in total. The van der Waals surface area contributed by atoms with Crippen molar-refractivity contribution in [2.24, 2.45) is 18.4 Å². The van der Waals surface area contributed by atoms with Crippen LogP contribution in [-0.4, -0.2) is 16.3 Å². The molecule has 0 amide bonds. The van der Waals surface area contributed by atoms with Crippen molar-refractivity contribution in [2.45, 2.75) is 52.5 Å². The topological polar surface area (TPSA) is 29.9 Å². The summed E-state index contributed by atoms with van der Waals surface area (Å²) < 4.78 is 3.14. The molecule has 2 unspecified atom stereocenters. The maximum Gasteiger partial charge on any atom is 0.0695 e. The van der Waals surface area contributed by atoms with Gasteiger partial charge in [-0.05, 0) is 46.6 Å². The summed E-state index contributed by atoms with van der Waals surface area (Å²) in [4.78, 5) is 0. The molecule has 0 bridgehead atoms. The van der Waals surface area contributed by atoms with Gasteiger partial charge < -0.3 is 5.32 Å². The molecule has 0 spiro atoms. The summed E-state index contributed by atoms with van der Waals surface area (Å²) in [5.41, 5.74) is 1.69. The van der Waals surface area contributed by atoms with Crippen molar-refractivity contribution in [3.8, 4) is 0 Å². The first-order valence-electron chi connectivity index (χ1n) is 7.38. The third-order valence-corrected chi connectivity index (χ3v) is 5.26. The molecule has 1 aromatic heterocycles. The Hall–Kier alpha value is -0.350. The van der Waals surface area contributed by atoms with Crippen LogP contribution in [0.1, 0.15) is 58.2 Å². The number of nitrogens with zero attached hydrogens (tertiary/aromatic N) is 2. The van der Waals surface area contributed by atoms with E-state index in [9.17, 15) is 0 Å². The van der Waals surface area contributed by atoms with E-state index in [0.29, 0.717) is 17.4 Å². The van der Waals surface area contributed by atoms with E-state index in [0.717, 1.165) is 11.0 Å². The molecule has 108 valence electrons. The lowest BCUT2D eigenvalue weighted by atomic mass is 9.65. The zero-order chi connectivity index (χ0) is 14.0. The van der Waals surface area contributed by atoms with Gasteiger partial charge in [-0.3, -0.25) is 4.68 Å². The Bertz CT molecular complexity index is 406. The van der Waals surface area contributed by atoms with Crippen molar-refractivity contribution in [3.05, 3.63) is 16.4 Å². The van der Waals surface area contributed by atoms with Gasteiger partial charge in [-0.1, -0.05) is 33.6 Å². The number of hydrogen-bond donors (Lipinski definition) is 1. The van der Waals surface area contributed by atoms with Gasteiger partial charge in [-0.25, -0.2) is 0 Å². The van der Waals surface area contributed by atoms with Gasteiger partial charge in [0.1, 0.15) is 0 Å². The Morgan fingerprint density at radius 2 is 2.26 bits per heavy atom. The zero-order valence-electron chi connectivity index (χ0n) is 12.5. The largest absolute Gasteiger partial charge is 0.309 e. The van der Waals surface area contributed by atoms with Gasteiger partial charge in [-0.2, -0.15) is 5.10 Å². The molecule has 2 rings (SSSR count). The summed E-state index contributed by atoms with van der Waals surface area (Å²) in [6.07, 6.45) is 7.27. The van der Waals surface area contributed by atoms with Gasteiger partial charge in [0, 0.05) is 7.05 Å². The molecule has 3 nitrogen and oxygen atoms in total. The number of rotatable bonds is 4. The summed E-state index contributed by atoms with van der Waals surface area (Å²) in [5, 5.41) is 8.09. The zero-order valence-corrected chi connectivity index (χ0v) is 14.1. The van der Waals surface area contributed by atoms with Gasteiger partial charge in [0.15, 0.2) is 0 Å². The number of halogens is 1. The fourth-order valence-electron chi connectivity index (χ4n) is 3.56. The highest BCUT2D eigenvalue weighted by atomic mass is 79.9. The Balaban J connectivity index is 2.34. The van der Waals surface area contributed by atoms with Crippen molar-refractivity contribution in [2.75, 3.05) is 6.54 Å². The third-order valence-electron chi connectivity index (χ3n) is 4.65.